The van der Waals surface area contributed by atoms with Gasteiger partial charge in [-0.3, -0.25) is 4.98 Å². The van der Waals surface area contributed by atoms with Crippen LogP contribution < -0.4 is 10.1 Å². The molecule has 1 aromatic carbocycles. The molecule has 0 amide bonds. The third-order valence-corrected chi connectivity index (χ3v) is 3.77. The van der Waals surface area contributed by atoms with Gasteiger partial charge in [0.05, 0.1) is 13.3 Å². The van der Waals surface area contributed by atoms with Gasteiger partial charge in [0.2, 0.25) is 0 Å². The molecule has 3 heteroatoms. The fourth-order valence-corrected chi connectivity index (χ4v) is 2.55. The summed E-state index contributed by atoms with van der Waals surface area (Å²) in [4.78, 5) is 4.30. The van der Waals surface area contributed by atoms with E-state index in [1.165, 1.54) is 11.1 Å². The molecule has 1 heterocycles. The summed E-state index contributed by atoms with van der Waals surface area (Å²) >= 11 is 0. The fourth-order valence-electron chi connectivity index (χ4n) is 2.55. The van der Waals surface area contributed by atoms with Gasteiger partial charge in [-0.25, -0.2) is 0 Å². The van der Waals surface area contributed by atoms with E-state index in [1.54, 1.807) is 13.3 Å². The number of ether oxygens (including phenoxy) is 1. The van der Waals surface area contributed by atoms with Crippen molar-refractivity contribution < 1.29 is 4.74 Å². The predicted octanol–water partition coefficient (Wildman–Crippen LogP) is 3.93. The Bertz CT molecular complexity index is 542. The molecule has 0 saturated carbocycles. The van der Waals surface area contributed by atoms with Gasteiger partial charge in [0.1, 0.15) is 5.75 Å². The molecule has 2 unspecified atom stereocenters. The van der Waals surface area contributed by atoms with Crippen molar-refractivity contribution in [3.63, 3.8) is 0 Å². The van der Waals surface area contributed by atoms with Crippen molar-refractivity contribution in [3.8, 4) is 5.75 Å². The first kappa shape index (κ1) is 15.5. The summed E-state index contributed by atoms with van der Waals surface area (Å²) in [6, 6.07) is 12.9. The first-order chi connectivity index (χ1) is 10.3. The van der Waals surface area contributed by atoms with E-state index in [-0.39, 0.29) is 6.04 Å². The first-order valence-electron chi connectivity index (χ1n) is 7.53. The summed E-state index contributed by atoms with van der Waals surface area (Å²) in [6.45, 7) is 5.42. The van der Waals surface area contributed by atoms with E-state index in [4.69, 9.17) is 4.74 Å². The van der Waals surface area contributed by atoms with Crippen LogP contribution in [0.15, 0.2) is 48.8 Å². The van der Waals surface area contributed by atoms with Gasteiger partial charge in [-0.15, -0.1) is 0 Å². The molecule has 21 heavy (non-hydrogen) atoms. The maximum absolute atomic E-state index is 5.30. The second-order valence-electron chi connectivity index (χ2n) is 5.29. The Morgan fingerprint density at radius 1 is 1.14 bits per heavy atom. The van der Waals surface area contributed by atoms with Crippen LogP contribution in [0.25, 0.3) is 0 Å². The lowest BCUT2D eigenvalue weighted by atomic mass is 9.89. The highest BCUT2D eigenvalue weighted by atomic mass is 16.5. The molecule has 0 saturated heterocycles. The summed E-state index contributed by atoms with van der Waals surface area (Å²) in [6.07, 6.45) is 4.78. The van der Waals surface area contributed by atoms with E-state index in [9.17, 15) is 0 Å². The molecular formula is C18H24N2O. The quantitative estimate of drug-likeness (QED) is 0.836. The van der Waals surface area contributed by atoms with E-state index in [0.717, 1.165) is 18.7 Å². The largest absolute Gasteiger partial charge is 0.495 e. The van der Waals surface area contributed by atoms with Gasteiger partial charge >= 0.3 is 0 Å². The van der Waals surface area contributed by atoms with Gasteiger partial charge in [-0.1, -0.05) is 44.2 Å². The molecule has 2 rings (SSSR count). The van der Waals surface area contributed by atoms with Crippen LogP contribution in [0.3, 0.4) is 0 Å². The van der Waals surface area contributed by atoms with E-state index < -0.39 is 0 Å². The second-order valence-corrected chi connectivity index (χ2v) is 5.29. The maximum atomic E-state index is 5.30. The number of hydrogen-bond donors (Lipinski definition) is 1. The third kappa shape index (κ3) is 4.05. The second kappa shape index (κ2) is 7.79. The van der Waals surface area contributed by atoms with Gasteiger partial charge in [0.15, 0.2) is 0 Å². The Labute approximate surface area is 127 Å². The summed E-state index contributed by atoms with van der Waals surface area (Å²) in [5, 5.41) is 3.64. The van der Waals surface area contributed by atoms with Crippen molar-refractivity contribution in [2.75, 3.05) is 13.7 Å². The highest BCUT2D eigenvalue weighted by Crippen LogP contribution is 2.31. The zero-order chi connectivity index (χ0) is 15.1. The molecule has 0 aliphatic heterocycles. The molecule has 0 bridgehead atoms. The van der Waals surface area contributed by atoms with E-state index in [1.807, 2.05) is 6.20 Å². The Kier molecular flexibility index (Phi) is 5.76. The van der Waals surface area contributed by atoms with Crippen LogP contribution in [0.1, 0.15) is 43.4 Å². The van der Waals surface area contributed by atoms with Crippen LogP contribution in [0, 0.1) is 0 Å². The van der Waals surface area contributed by atoms with E-state index >= 15 is 0 Å². The van der Waals surface area contributed by atoms with Crippen molar-refractivity contribution in [1.29, 1.82) is 0 Å². The van der Waals surface area contributed by atoms with Gasteiger partial charge in [0.25, 0.3) is 0 Å². The molecular weight excluding hydrogens is 260 g/mol. The molecule has 0 aliphatic carbocycles. The van der Waals surface area contributed by atoms with Crippen molar-refractivity contribution in [2.24, 2.45) is 0 Å². The molecule has 3 nitrogen and oxygen atoms in total. The molecule has 1 aromatic heterocycles. The standard InChI is InChI=1S/C18H24N2O/c1-4-10-20-18(14(2)15-8-6-5-7-9-15)16-11-17(21-3)13-19-12-16/h5-9,11-14,18,20H,4,10H2,1-3H3. The Morgan fingerprint density at radius 2 is 1.90 bits per heavy atom. The van der Waals surface area contributed by atoms with Crippen LogP contribution in [0.2, 0.25) is 0 Å². The number of nitrogens with one attached hydrogen (secondary N) is 1. The number of methoxy groups -OCH3 is 1. The van der Waals surface area contributed by atoms with Gasteiger partial charge < -0.3 is 10.1 Å². The lowest BCUT2D eigenvalue weighted by Crippen LogP contribution is -2.26. The third-order valence-electron chi connectivity index (χ3n) is 3.77. The molecule has 0 radical (unpaired) electrons. The summed E-state index contributed by atoms with van der Waals surface area (Å²) in [5.74, 6) is 1.17. The smallest absolute Gasteiger partial charge is 0.137 e. The molecule has 112 valence electrons. The SMILES string of the molecule is CCCNC(c1cncc(OC)c1)C(C)c1ccccc1. The molecule has 0 aliphatic rings. The predicted molar refractivity (Wildman–Crippen MR) is 86.7 cm³/mol. The van der Waals surface area contributed by atoms with E-state index in [2.05, 4.69) is 60.5 Å². The molecule has 2 aromatic rings. The Balaban J connectivity index is 2.28. The van der Waals surface area contributed by atoms with Crippen LogP contribution >= 0.6 is 0 Å². The topological polar surface area (TPSA) is 34.2 Å². The van der Waals surface area contributed by atoms with Crippen LogP contribution in [-0.2, 0) is 0 Å². The van der Waals surface area contributed by atoms with E-state index in [0.29, 0.717) is 5.92 Å². The summed E-state index contributed by atoms with van der Waals surface area (Å²) in [5.41, 5.74) is 2.49. The van der Waals surface area contributed by atoms with Crippen LogP contribution in [-0.4, -0.2) is 18.6 Å². The minimum absolute atomic E-state index is 0.231. The number of nitrogens with zero attached hydrogens (tertiary/aromatic N) is 1. The highest BCUT2D eigenvalue weighted by molar-refractivity contribution is 5.30. The lowest BCUT2D eigenvalue weighted by Gasteiger charge is -2.26. The molecule has 0 fully saturated rings. The van der Waals surface area contributed by atoms with Gasteiger partial charge in [-0.2, -0.15) is 0 Å². The van der Waals surface area contributed by atoms with Crippen molar-refractivity contribution in [3.05, 3.63) is 59.9 Å². The normalized spacial score (nSPS) is 13.7. The fraction of sp³-hybridized carbons (Fsp3) is 0.389. The van der Waals surface area contributed by atoms with Crippen molar-refractivity contribution in [2.45, 2.75) is 32.2 Å². The Hall–Kier alpha value is -1.87. The zero-order valence-corrected chi connectivity index (χ0v) is 13.0. The average Bonchev–Trinajstić information content (AvgIpc) is 2.56. The molecule has 2 atom stereocenters. The van der Waals surface area contributed by atoms with Gasteiger partial charge in [0, 0.05) is 18.2 Å². The van der Waals surface area contributed by atoms with Crippen LogP contribution in [0.5, 0.6) is 5.75 Å². The van der Waals surface area contributed by atoms with Gasteiger partial charge in [-0.05, 0) is 30.2 Å². The lowest BCUT2D eigenvalue weighted by molar-refractivity contribution is 0.408. The number of aromatic nitrogens is 1. The van der Waals surface area contributed by atoms with Crippen LogP contribution in [0.4, 0.5) is 0 Å². The Morgan fingerprint density at radius 3 is 2.57 bits per heavy atom. The number of benzene rings is 1. The molecule has 1 N–H and O–H groups in total. The maximum Gasteiger partial charge on any atom is 0.137 e. The first-order valence-corrected chi connectivity index (χ1v) is 7.53. The number of hydrogen-bond acceptors (Lipinski definition) is 3. The minimum atomic E-state index is 0.231. The van der Waals surface area contributed by atoms with Crippen molar-refractivity contribution in [1.82, 2.24) is 10.3 Å². The minimum Gasteiger partial charge on any atom is -0.495 e. The summed E-state index contributed by atoms with van der Waals surface area (Å²) in [7, 11) is 1.68. The highest BCUT2D eigenvalue weighted by Gasteiger charge is 2.20. The monoisotopic (exact) mass is 284 g/mol. The number of rotatable bonds is 7. The zero-order valence-electron chi connectivity index (χ0n) is 13.0. The summed E-state index contributed by atoms with van der Waals surface area (Å²) < 4.78 is 5.30. The molecule has 0 spiro atoms. The van der Waals surface area contributed by atoms with Crippen molar-refractivity contribution >= 4 is 0 Å². The number of pyridine rings is 1. The average molecular weight is 284 g/mol.